The van der Waals surface area contributed by atoms with Crippen LogP contribution in [0.5, 0.6) is 5.75 Å². The molecule has 2 N–H and O–H groups in total. The van der Waals surface area contributed by atoms with E-state index in [0.717, 1.165) is 11.3 Å². The van der Waals surface area contributed by atoms with Crippen molar-refractivity contribution in [3.05, 3.63) is 71.8 Å². The van der Waals surface area contributed by atoms with Crippen molar-refractivity contribution in [3.63, 3.8) is 0 Å². The van der Waals surface area contributed by atoms with Gasteiger partial charge in [-0.05, 0) is 37.6 Å². The first-order chi connectivity index (χ1) is 15.4. The molecule has 0 spiro atoms. The van der Waals surface area contributed by atoms with E-state index >= 15 is 0 Å². The van der Waals surface area contributed by atoms with Crippen LogP contribution in [0.4, 0.5) is 13.2 Å². The molecule has 0 aliphatic heterocycles. The Morgan fingerprint density at radius 3 is 2.62 bits per heavy atom. The van der Waals surface area contributed by atoms with E-state index in [0.29, 0.717) is 30.4 Å². The van der Waals surface area contributed by atoms with Crippen molar-refractivity contribution in [2.45, 2.75) is 33.1 Å². The zero-order chi connectivity index (χ0) is 23.0. The highest BCUT2D eigenvalue weighted by Gasteiger charge is 2.28. The molecule has 32 heavy (non-hydrogen) atoms. The van der Waals surface area contributed by atoms with Crippen molar-refractivity contribution in [3.8, 4) is 11.4 Å². The van der Waals surface area contributed by atoms with Gasteiger partial charge in [-0.15, -0.1) is 10.2 Å². The van der Waals surface area contributed by atoms with Crippen molar-refractivity contribution >= 4 is 5.96 Å². The third-order valence-corrected chi connectivity index (χ3v) is 4.43. The molecule has 0 bridgehead atoms. The molecular formula is C22H25F3N6O. The number of nitrogens with one attached hydrogen (secondary N) is 2. The van der Waals surface area contributed by atoms with E-state index in [1.165, 1.54) is 0 Å². The molecule has 3 rings (SSSR count). The molecule has 2 aromatic carbocycles. The number of para-hydroxylation sites is 1. The quantitative estimate of drug-likeness (QED) is 0.407. The van der Waals surface area contributed by atoms with Gasteiger partial charge in [0.05, 0.1) is 13.1 Å². The van der Waals surface area contributed by atoms with Gasteiger partial charge in [-0.2, -0.15) is 13.2 Å². The van der Waals surface area contributed by atoms with Gasteiger partial charge in [0.2, 0.25) is 0 Å². The van der Waals surface area contributed by atoms with Gasteiger partial charge in [-0.3, -0.25) is 4.57 Å². The van der Waals surface area contributed by atoms with Crippen molar-refractivity contribution in [1.29, 1.82) is 0 Å². The van der Waals surface area contributed by atoms with Gasteiger partial charge in [0, 0.05) is 17.8 Å². The predicted octanol–water partition coefficient (Wildman–Crippen LogP) is 3.77. The summed E-state index contributed by atoms with van der Waals surface area (Å²) in [6.07, 6.45) is -2.78. The smallest absolute Gasteiger partial charge is 0.422 e. The second-order valence-corrected chi connectivity index (χ2v) is 7.02. The topological polar surface area (TPSA) is 76.4 Å². The maximum atomic E-state index is 12.6. The minimum Gasteiger partial charge on any atom is -0.484 e. The first-order valence-corrected chi connectivity index (χ1v) is 10.1. The number of benzene rings is 2. The average molecular weight is 446 g/mol. The Balaban J connectivity index is 1.71. The highest BCUT2D eigenvalue weighted by atomic mass is 19.4. The van der Waals surface area contributed by atoms with E-state index in [9.17, 15) is 13.2 Å². The normalized spacial score (nSPS) is 12.0. The summed E-state index contributed by atoms with van der Waals surface area (Å²) in [5.41, 5.74) is 2.30. The maximum absolute atomic E-state index is 12.6. The van der Waals surface area contributed by atoms with Crippen molar-refractivity contribution in [2.75, 3.05) is 13.2 Å². The van der Waals surface area contributed by atoms with E-state index in [1.807, 2.05) is 47.9 Å². The van der Waals surface area contributed by atoms with Gasteiger partial charge < -0.3 is 15.4 Å². The lowest BCUT2D eigenvalue weighted by atomic mass is 10.1. The lowest BCUT2D eigenvalue weighted by Crippen LogP contribution is -2.37. The second kappa shape index (κ2) is 10.7. The van der Waals surface area contributed by atoms with Crippen LogP contribution in [-0.4, -0.2) is 40.1 Å². The number of alkyl halides is 3. The Morgan fingerprint density at radius 2 is 1.91 bits per heavy atom. The molecule has 0 saturated carbocycles. The van der Waals surface area contributed by atoms with E-state index in [2.05, 4.69) is 25.8 Å². The first-order valence-electron chi connectivity index (χ1n) is 10.1. The number of halogens is 3. The van der Waals surface area contributed by atoms with Crippen molar-refractivity contribution < 1.29 is 17.9 Å². The van der Waals surface area contributed by atoms with E-state index < -0.39 is 12.8 Å². The van der Waals surface area contributed by atoms with Crippen LogP contribution in [0, 0.1) is 6.92 Å². The summed E-state index contributed by atoms with van der Waals surface area (Å²) in [7, 11) is 0. The summed E-state index contributed by atoms with van der Waals surface area (Å²) in [6.45, 7) is 3.48. The average Bonchev–Trinajstić information content (AvgIpc) is 3.24. The number of nitrogens with zero attached hydrogens (tertiary/aromatic N) is 4. The molecule has 0 atom stereocenters. The molecule has 0 aliphatic rings. The highest BCUT2D eigenvalue weighted by Crippen LogP contribution is 2.24. The molecular weight excluding hydrogens is 421 g/mol. The fourth-order valence-corrected chi connectivity index (χ4v) is 2.94. The number of aliphatic imine (C=N–C) groups is 1. The lowest BCUT2D eigenvalue weighted by Gasteiger charge is -2.14. The number of guanidine groups is 1. The number of aromatic nitrogens is 3. The zero-order valence-electron chi connectivity index (χ0n) is 17.9. The maximum Gasteiger partial charge on any atom is 0.422 e. The summed E-state index contributed by atoms with van der Waals surface area (Å²) >= 11 is 0. The molecule has 7 nitrogen and oxygen atoms in total. The Labute approximate surface area is 184 Å². The highest BCUT2D eigenvalue weighted by molar-refractivity contribution is 5.79. The van der Waals surface area contributed by atoms with Crippen LogP contribution in [0.15, 0.2) is 59.9 Å². The number of hydrogen-bond acceptors (Lipinski definition) is 4. The number of rotatable bonds is 8. The van der Waals surface area contributed by atoms with Crippen LogP contribution in [0.1, 0.15) is 23.9 Å². The SMILES string of the molecule is CCNC(=NCc1ccc(C)cc1OCC(F)(F)F)NCc1nncn1-c1ccccc1. The largest absolute Gasteiger partial charge is 0.484 e. The van der Waals surface area contributed by atoms with Crippen LogP contribution < -0.4 is 15.4 Å². The van der Waals surface area contributed by atoms with Gasteiger partial charge in [-0.25, -0.2) is 4.99 Å². The van der Waals surface area contributed by atoms with Crippen LogP contribution >= 0.6 is 0 Å². The van der Waals surface area contributed by atoms with Crippen LogP contribution in [0.25, 0.3) is 5.69 Å². The molecule has 0 fully saturated rings. The molecule has 1 aromatic heterocycles. The van der Waals surface area contributed by atoms with Gasteiger partial charge in [0.25, 0.3) is 0 Å². The summed E-state index contributed by atoms with van der Waals surface area (Å²) in [6, 6.07) is 14.8. The van der Waals surface area contributed by atoms with Crippen LogP contribution in [0.2, 0.25) is 0 Å². The monoisotopic (exact) mass is 446 g/mol. The fraction of sp³-hybridized carbons (Fsp3) is 0.318. The lowest BCUT2D eigenvalue weighted by molar-refractivity contribution is -0.153. The molecule has 0 saturated heterocycles. The Hall–Kier alpha value is -3.56. The summed E-state index contributed by atoms with van der Waals surface area (Å²) in [5, 5.41) is 14.4. The number of hydrogen-bond donors (Lipinski definition) is 2. The summed E-state index contributed by atoms with van der Waals surface area (Å²) in [4.78, 5) is 4.50. The minimum atomic E-state index is -4.41. The number of aryl methyl sites for hydroxylation is 1. The van der Waals surface area contributed by atoms with Crippen LogP contribution in [0.3, 0.4) is 0 Å². The van der Waals surface area contributed by atoms with Crippen LogP contribution in [-0.2, 0) is 13.1 Å². The third-order valence-electron chi connectivity index (χ3n) is 4.43. The van der Waals surface area contributed by atoms with Gasteiger partial charge in [0.1, 0.15) is 12.1 Å². The van der Waals surface area contributed by atoms with E-state index in [1.54, 1.807) is 25.4 Å². The second-order valence-electron chi connectivity index (χ2n) is 7.02. The first kappa shape index (κ1) is 23.1. The molecule has 0 aliphatic carbocycles. The Morgan fingerprint density at radius 1 is 1.12 bits per heavy atom. The zero-order valence-corrected chi connectivity index (χ0v) is 17.9. The molecule has 10 heteroatoms. The fourth-order valence-electron chi connectivity index (χ4n) is 2.94. The molecule has 170 valence electrons. The predicted molar refractivity (Wildman–Crippen MR) is 116 cm³/mol. The standard InChI is InChI=1S/C22H25F3N6O/c1-3-26-21(28-13-20-30-29-15-31(20)18-7-5-4-6-8-18)27-12-17-10-9-16(2)11-19(17)32-14-22(23,24)25/h4-11,15H,3,12-14H2,1-2H3,(H2,26,27,28). The Kier molecular flexibility index (Phi) is 7.69. The van der Waals surface area contributed by atoms with Crippen molar-refractivity contribution in [2.24, 2.45) is 4.99 Å². The van der Waals surface area contributed by atoms with E-state index in [-0.39, 0.29) is 12.3 Å². The Bertz CT molecular complexity index is 1030. The van der Waals surface area contributed by atoms with Gasteiger partial charge in [-0.1, -0.05) is 30.3 Å². The summed E-state index contributed by atoms with van der Waals surface area (Å²) in [5.74, 6) is 1.36. The van der Waals surface area contributed by atoms with Gasteiger partial charge >= 0.3 is 6.18 Å². The minimum absolute atomic E-state index is 0.147. The van der Waals surface area contributed by atoms with Gasteiger partial charge in [0.15, 0.2) is 18.4 Å². The molecule has 0 radical (unpaired) electrons. The molecule has 0 amide bonds. The summed E-state index contributed by atoms with van der Waals surface area (Å²) < 4.78 is 44.6. The molecule has 3 aromatic rings. The third kappa shape index (κ3) is 6.73. The van der Waals surface area contributed by atoms with E-state index in [4.69, 9.17) is 4.74 Å². The van der Waals surface area contributed by atoms with Crippen molar-refractivity contribution in [1.82, 2.24) is 25.4 Å². The number of ether oxygens (including phenoxy) is 1. The molecule has 0 unspecified atom stereocenters. The molecule has 1 heterocycles.